The quantitative estimate of drug-likeness (QED) is 0.110. The van der Waals surface area contributed by atoms with Crippen molar-refractivity contribution in [1.29, 1.82) is 0 Å². The van der Waals surface area contributed by atoms with Crippen LogP contribution >= 0.6 is 0 Å². The van der Waals surface area contributed by atoms with Gasteiger partial charge in [0.1, 0.15) is 0 Å². The summed E-state index contributed by atoms with van der Waals surface area (Å²) in [6.07, 6.45) is 35.0. The van der Waals surface area contributed by atoms with E-state index in [1.807, 2.05) is 0 Å². The van der Waals surface area contributed by atoms with Crippen molar-refractivity contribution in [1.82, 2.24) is 5.32 Å². The van der Waals surface area contributed by atoms with Crippen LogP contribution in [-0.2, 0) is 9.59 Å². The van der Waals surface area contributed by atoms with Crippen molar-refractivity contribution in [3.63, 3.8) is 0 Å². The topological polar surface area (TPSA) is 72.2 Å². The van der Waals surface area contributed by atoms with Gasteiger partial charge in [-0.25, -0.2) is 0 Å². The van der Waals surface area contributed by atoms with Crippen LogP contribution in [0.3, 0.4) is 0 Å². The Morgan fingerprint density at radius 3 is 1.00 bits per heavy atom. The number of carbonyl (C=O) groups is 2. The van der Waals surface area contributed by atoms with E-state index in [4.69, 9.17) is 5.73 Å². The van der Waals surface area contributed by atoms with Gasteiger partial charge in [0.15, 0.2) is 0 Å². The standard InChI is InChI=1S/C30H60N2O2/c1-2-3-4-5-6-7-8-9-10-11-12-13-14-15-16-17-18-19-20-21-22-23-24-25-26-27-30(34)32-28-29(31)33/h2-28H2,1H3,(H2,31,33)(H,32,34). The summed E-state index contributed by atoms with van der Waals surface area (Å²) in [5, 5.41) is 2.54. The molecular formula is C30H60N2O2. The highest BCUT2D eigenvalue weighted by Gasteiger charge is 2.02. The molecule has 3 N–H and O–H groups in total. The molecule has 0 bridgehead atoms. The molecule has 0 heterocycles. The monoisotopic (exact) mass is 480 g/mol. The SMILES string of the molecule is CCCCCCCCCCCCCCCCCCCCCCCCCCCC(=O)NCC(N)=O. The lowest BCUT2D eigenvalue weighted by Crippen LogP contribution is -2.33. The van der Waals surface area contributed by atoms with E-state index in [0.717, 1.165) is 12.8 Å². The van der Waals surface area contributed by atoms with E-state index in [1.54, 1.807) is 0 Å². The number of carbonyl (C=O) groups excluding carboxylic acids is 2. The Hall–Kier alpha value is -1.06. The lowest BCUT2D eigenvalue weighted by atomic mass is 10.0. The molecule has 0 aromatic heterocycles. The maximum Gasteiger partial charge on any atom is 0.236 e. The van der Waals surface area contributed by atoms with E-state index in [0.29, 0.717) is 6.42 Å². The molecule has 0 aromatic carbocycles. The molecule has 0 saturated carbocycles. The van der Waals surface area contributed by atoms with Gasteiger partial charge in [0.2, 0.25) is 11.8 Å². The summed E-state index contributed by atoms with van der Waals surface area (Å²) in [6.45, 7) is 2.25. The molecule has 0 fully saturated rings. The van der Waals surface area contributed by atoms with E-state index >= 15 is 0 Å². The molecule has 34 heavy (non-hydrogen) atoms. The molecule has 0 saturated heterocycles. The third kappa shape index (κ3) is 29.0. The zero-order chi connectivity index (χ0) is 25.0. The molecule has 0 radical (unpaired) electrons. The van der Waals surface area contributed by atoms with Gasteiger partial charge in [-0.2, -0.15) is 0 Å². The number of rotatable bonds is 28. The smallest absolute Gasteiger partial charge is 0.236 e. The minimum Gasteiger partial charge on any atom is -0.368 e. The van der Waals surface area contributed by atoms with Crippen LogP contribution in [0.15, 0.2) is 0 Å². The number of nitrogens with one attached hydrogen (secondary N) is 1. The number of primary amides is 1. The van der Waals surface area contributed by atoms with Crippen LogP contribution in [0.25, 0.3) is 0 Å². The van der Waals surface area contributed by atoms with Crippen molar-refractivity contribution in [3.05, 3.63) is 0 Å². The maximum absolute atomic E-state index is 11.5. The largest absolute Gasteiger partial charge is 0.368 e. The summed E-state index contributed by atoms with van der Waals surface area (Å²) >= 11 is 0. The molecule has 0 aliphatic rings. The van der Waals surface area contributed by atoms with Crippen molar-refractivity contribution >= 4 is 11.8 Å². The number of unbranched alkanes of at least 4 members (excludes halogenated alkanes) is 24. The Morgan fingerprint density at radius 1 is 0.471 bits per heavy atom. The maximum atomic E-state index is 11.5. The lowest BCUT2D eigenvalue weighted by Gasteiger charge is -2.05. The number of amides is 2. The van der Waals surface area contributed by atoms with Crippen molar-refractivity contribution < 1.29 is 9.59 Å². The molecule has 4 nitrogen and oxygen atoms in total. The Morgan fingerprint density at radius 2 is 0.735 bits per heavy atom. The molecule has 0 atom stereocenters. The van der Waals surface area contributed by atoms with Gasteiger partial charge in [-0.3, -0.25) is 9.59 Å². The van der Waals surface area contributed by atoms with Gasteiger partial charge in [0, 0.05) is 6.42 Å². The minimum atomic E-state index is -0.483. The number of hydrogen-bond acceptors (Lipinski definition) is 2. The number of hydrogen-bond donors (Lipinski definition) is 2. The van der Waals surface area contributed by atoms with Crippen molar-refractivity contribution in [2.75, 3.05) is 6.54 Å². The molecule has 4 heteroatoms. The summed E-state index contributed by atoms with van der Waals surface area (Å²) in [5.74, 6) is -0.545. The second-order valence-electron chi connectivity index (χ2n) is 10.5. The highest BCUT2D eigenvalue weighted by molar-refractivity contribution is 5.83. The van der Waals surface area contributed by atoms with Crippen molar-refractivity contribution in [2.45, 2.75) is 174 Å². The fourth-order valence-electron chi connectivity index (χ4n) is 4.70. The molecular weight excluding hydrogens is 420 g/mol. The van der Waals surface area contributed by atoms with Gasteiger partial charge in [0.25, 0.3) is 0 Å². The second kappa shape index (κ2) is 28.2. The summed E-state index contributed by atoms with van der Waals surface area (Å²) in [6, 6.07) is 0. The molecule has 202 valence electrons. The highest BCUT2D eigenvalue weighted by atomic mass is 16.2. The van der Waals surface area contributed by atoms with Gasteiger partial charge in [0.05, 0.1) is 6.54 Å². The average molecular weight is 481 g/mol. The zero-order valence-corrected chi connectivity index (χ0v) is 23.0. The van der Waals surface area contributed by atoms with Crippen LogP contribution < -0.4 is 11.1 Å². The third-order valence-corrected chi connectivity index (χ3v) is 6.97. The van der Waals surface area contributed by atoms with E-state index in [1.165, 1.54) is 148 Å². The molecule has 0 aliphatic heterocycles. The summed E-state index contributed by atoms with van der Waals surface area (Å²) in [7, 11) is 0. The van der Waals surface area contributed by atoms with Gasteiger partial charge >= 0.3 is 0 Å². The summed E-state index contributed by atoms with van der Waals surface area (Å²) < 4.78 is 0. The third-order valence-electron chi connectivity index (χ3n) is 6.97. The Bertz CT molecular complexity index is 440. The van der Waals surface area contributed by atoms with Crippen LogP contribution in [0.4, 0.5) is 0 Å². The lowest BCUT2D eigenvalue weighted by molar-refractivity contribution is -0.124. The zero-order valence-electron chi connectivity index (χ0n) is 23.0. The van der Waals surface area contributed by atoms with E-state index < -0.39 is 5.91 Å². The molecule has 2 amide bonds. The molecule has 0 aliphatic carbocycles. The normalized spacial score (nSPS) is 11.1. The second-order valence-corrected chi connectivity index (χ2v) is 10.5. The minimum absolute atomic E-state index is 0.0434. The average Bonchev–Trinajstić information content (AvgIpc) is 2.82. The van der Waals surface area contributed by atoms with Gasteiger partial charge in [-0.05, 0) is 6.42 Å². The van der Waals surface area contributed by atoms with Gasteiger partial charge < -0.3 is 11.1 Å². The van der Waals surface area contributed by atoms with E-state index in [9.17, 15) is 9.59 Å². The van der Waals surface area contributed by atoms with Crippen molar-refractivity contribution in [3.8, 4) is 0 Å². The van der Waals surface area contributed by atoms with Crippen molar-refractivity contribution in [2.24, 2.45) is 5.73 Å². The first-order valence-corrected chi connectivity index (χ1v) is 15.2. The first-order valence-electron chi connectivity index (χ1n) is 15.2. The molecule has 0 rings (SSSR count). The summed E-state index contributed by atoms with van der Waals surface area (Å²) in [4.78, 5) is 22.1. The van der Waals surface area contributed by atoms with E-state index in [-0.39, 0.29) is 12.5 Å². The fourth-order valence-corrected chi connectivity index (χ4v) is 4.70. The van der Waals surface area contributed by atoms with Crippen LogP contribution in [0, 0.1) is 0 Å². The Balaban J connectivity index is 3.08. The Kier molecular flexibility index (Phi) is 27.3. The van der Waals surface area contributed by atoms with Crippen LogP contribution in [0.1, 0.15) is 174 Å². The predicted octanol–water partition coefficient (Wildman–Crippen LogP) is 8.75. The summed E-state index contributed by atoms with van der Waals surface area (Å²) in [5.41, 5.74) is 5.01. The fraction of sp³-hybridized carbons (Fsp3) is 0.933. The predicted molar refractivity (Wildman–Crippen MR) is 148 cm³/mol. The first-order chi connectivity index (χ1) is 16.7. The van der Waals surface area contributed by atoms with Crippen LogP contribution in [-0.4, -0.2) is 18.4 Å². The van der Waals surface area contributed by atoms with Gasteiger partial charge in [-0.15, -0.1) is 0 Å². The van der Waals surface area contributed by atoms with E-state index in [2.05, 4.69) is 12.2 Å². The van der Waals surface area contributed by atoms with Crippen LogP contribution in [0.5, 0.6) is 0 Å². The first kappa shape index (κ1) is 32.9. The Labute approximate surface area is 213 Å². The molecule has 0 unspecified atom stereocenters. The number of nitrogens with two attached hydrogens (primary N) is 1. The molecule has 0 spiro atoms. The highest BCUT2D eigenvalue weighted by Crippen LogP contribution is 2.15. The van der Waals surface area contributed by atoms with Gasteiger partial charge in [-0.1, -0.05) is 161 Å². The van der Waals surface area contributed by atoms with Crippen LogP contribution in [0.2, 0.25) is 0 Å². The molecule has 0 aromatic rings.